The molecule has 0 bridgehead atoms. The van der Waals surface area contributed by atoms with Crippen LogP contribution in [0, 0.1) is 0 Å². The molecule has 2 rings (SSSR count). The van der Waals surface area contributed by atoms with Crippen LogP contribution in [0.15, 0.2) is 47.6 Å². The molecule has 0 saturated heterocycles. The van der Waals surface area contributed by atoms with E-state index >= 15 is 0 Å². The van der Waals surface area contributed by atoms with Crippen molar-refractivity contribution in [2.24, 2.45) is 4.99 Å². The van der Waals surface area contributed by atoms with Crippen LogP contribution in [-0.4, -0.2) is 57.6 Å². The van der Waals surface area contributed by atoms with E-state index in [9.17, 15) is 0 Å². The Morgan fingerprint density at radius 2 is 1.81 bits per heavy atom. The van der Waals surface area contributed by atoms with Crippen molar-refractivity contribution in [3.8, 4) is 17.4 Å². The summed E-state index contributed by atoms with van der Waals surface area (Å²) in [5.74, 6) is 2.61. The van der Waals surface area contributed by atoms with Crippen LogP contribution in [-0.2, 0) is 16.0 Å². The zero-order chi connectivity index (χ0) is 22.9. The maximum absolute atomic E-state index is 6.10. The number of aromatic nitrogens is 1. The molecule has 0 aliphatic rings. The molecule has 0 aliphatic heterocycles. The number of methoxy groups -OCH3 is 1. The Balaban J connectivity index is 1.97. The Morgan fingerprint density at radius 1 is 0.969 bits per heavy atom. The summed E-state index contributed by atoms with van der Waals surface area (Å²) in [5, 5.41) is 6.59. The first kappa shape index (κ1) is 25.4. The van der Waals surface area contributed by atoms with Gasteiger partial charge in [-0.3, -0.25) is 0 Å². The van der Waals surface area contributed by atoms with Crippen LogP contribution in [0.1, 0.15) is 32.3 Å². The first-order valence-corrected chi connectivity index (χ1v) is 11.2. The van der Waals surface area contributed by atoms with Crippen molar-refractivity contribution in [2.75, 3.05) is 46.6 Å². The highest BCUT2D eigenvalue weighted by atomic mass is 16.5. The minimum atomic E-state index is 0.431. The molecule has 1 heterocycles. The molecular weight excluding hydrogens is 408 g/mol. The van der Waals surface area contributed by atoms with Crippen molar-refractivity contribution in [1.82, 2.24) is 15.6 Å². The van der Waals surface area contributed by atoms with Crippen molar-refractivity contribution in [1.29, 1.82) is 0 Å². The predicted octanol–water partition coefficient (Wildman–Crippen LogP) is 3.77. The minimum absolute atomic E-state index is 0.431. The van der Waals surface area contributed by atoms with E-state index in [1.807, 2.05) is 43.3 Å². The van der Waals surface area contributed by atoms with Crippen LogP contribution in [0.25, 0.3) is 0 Å². The molecule has 2 aromatic rings. The fraction of sp³-hybridized carbons (Fsp3) is 0.500. The molecule has 0 unspecified atom stereocenters. The van der Waals surface area contributed by atoms with Gasteiger partial charge in [0, 0.05) is 38.6 Å². The number of aliphatic imine (C=N–C) groups is 1. The van der Waals surface area contributed by atoms with Gasteiger partial charge in [-0.25, -0.2) is 9.98 Å². The molecule has 0 atom stereocenters. The number of hydrogen-bond donors (Lipinski definition) is 2. The van der Waals surface area contributed by atoms with Gasteiger partial charge in [0.25, 0.3) is 0 Å². The van der Waals surface area contributed by atoms with E-state index in [1.54, 1.807) is 13.3 Å². The summed E-state index contributed by atoms with van der Waals surface area (Å²) >= 11 is 0. The standard InChI is InChI=1S/C24H36N4O4/c1-4-15-31-21-11-6-7-12-22(21)32-23-20(10-8-13-26-23)19-28-24(25-5-2)27-14-9-16-30-18-17-29-3/h6-8,10-13H,4-5,9,14-19H2,1-3H3,(H2,25,27,28). The molecule has 0 aliphatic carbocycles. The Hall–Kier alpha value is -2.84. The van der Waals surface area contributed by atoms with Gasteiger partial charge in [-0.15, -0.1) is 0 Å². The molecule has 8 nitrogen and oxygen atoms in total. The van der Waals surface area contributed by atoms with E-state index in [1.165, 1.54) is 0 Å². The Kier molecular flexibility index (Phi) is 12.6. The average Bonchev–Trinajstić information content (AvgIpc) is 2.82. The third kappa shape index (κ3) is 9.53. The quantitative estimate of drug-likeness (QED) is 0.246. The summed E-state index contributed by atoms with van der Waals surface area (Å²) in [7, 11) is 1.67. The second-order valence-electron chi connectivity index (χ2n) is 6.95. The van der Waals surface area contributed by atoms with Gasteiger partial charge in [0.2, 0.25) is 5.88 Å². The van der Waals surface area contributed by atoms with Gasteiger partial charge in [-0.2, -0.15) is 0 Å². The Morgan fingerprint density at radius 3 is 2.59 bits per heavy atom. The first-order chi connectivity index (χ1) is 15.8. The van der Waals surface area contributed by atoms with Gasteiger partial charge in [0.05, 0.1) is 26.4 Å². The van der Waals surface area contributed by atoms with Gasteiger partial charge >= 0.3 is 0 Å². The van der Waals surface area contributed by atoms with Crippen molar-refractivity contribution in [2.45, 2.75) is 33.2 Å². The fourth-order valence-corrected chi connectivity index (χ4v) is 2.74. The second kappa shape index (κ2) is 15.9. The van der Waals surface area contributed by atoms with Crippen LogP contribution >= 0.6 is 0 Å². The van der Waals surface area contributed by atoms with Crippen molar-refractivity contribution in [3.05, 3.63) is 48.2 Å². The topological polar surface area (TPSA) is 86.2 Å². The van der Waals surface area contributed by atoms with Gasteiger partial charge in [-0.1, -0.05) is 25.1 Å². The molecule has 0 amide bonds. The molecule has 8 heteroatoms. The molecule has 2 N–H and O–H groups in total. The van der Waals surface area contributed by atoms with Crippen molar-refractivity contribution >= 4 is 5.96 Å². The zero-order valence-corrected chi connectivity index (χ0v) is 19.4. The number of guanidine groups is 1. The van der Waals surface area contributed by atoms with Gasteiger partial charge in [0.15, 0.2) is 17.5 Å². The number of ether oxygens (including phenoxy) is 4. The summed E-state index contributed by atoms with van der Waals surface area (Å²) in [5.41, 5.74) is 0.887. The SMILES string of the molecule is CCCOc1ccccc1Oc1ncccc1CN=C(NCC)NCCCOCCOC. The highest BCUT2D eigenvalue weighted by Gasteiger charge is 2.10. The molecule has 32 heavy (non-hydrogen) atoms. The van der Waals surface area contributed by atoms with Crippen LogP contribution in [0.3, 0.4) is 0 Å². The van der Waals surface area contributed by atoms with Crippen molar-refractivity contribution < 1.29 is 18.9 Å². The maximum atomic E-state index is 6.10. The number of nitrogens with one attached hydrogen (secondary N) is 2. The zero-order valence-electron chi connectivity index (χ0n) is 19.4. The second-order valence-corrected chi connectivity index (χ2v) is 6.95. The smallest absolute Gasteiger partial charge is 0.224 e. The summed E-state index contributed by atoms with van der Waals surface area (Å²) < 4.78 is 22.4. The van der Waals surface area contributed by atoms with Crippen LogP contribution in [0.2, 0.25) is 0 Å². The van der Waals surface area contributed by atoms with E-state index in [2.05, 4.69) is 27.5 Å². The number of benzene rings is 1. The lowest BCUT2D eigenvalue weighted by Crippen LogP contribution is -2.38. The molecule has 1 aromatic carbocycles. The third-order valence-corrected chi connectivity index (χ3v) is 4.31. The molecule has 0 radical (unpaired) electrons. The highest BCUT2D eigenvalue weighted by Crippen LogP contribution is 2.32. The highest BCUT2D eigenvalue weighted by molar-refractivity contribution is 5.79. The van der Waals surface area contributed by atoms with E-state index in [-0.39, 0.29) is 0 Å². The molecule has 1 aromatic heterocycles. The lowest BCUT2D eigenvalue weighted by molar-refractivity contribution is 0.0698. The first-order valence-electron chi connectivity index (χ1n) is 11.2. The molecule has 0 saturated carbocycles. The Labute approximate surface area is 191 Å². The number of para-hydroxylation sites is 2. The third-order valence-electron chi connectivity index (χ3n) is 4.31. The van der Waals surface area contributed by atoms with E-state index in [0.29, 0.717) is 50.4 Å². The predicted molar refractivity (Wildman–Crippen MR) is 127 cm³/mol. The van der Waals surface area contributed by atoms with Crippen LogP contribution in [0.5, 0.6) is 17.4 Å². The lowest BCUT2D eigenvalue weighted by Gasteiger charge is -2.14. The van der Waals surface area contributed by atoms with Crippen LogP contribution in [0.4, 0.5) is 0 Å². The number of pyridine rings is 1. The monoisotopic (exact) mass is 444 g/mol. The molecule has 0 spiro atoms. The lowest BCUT2D eigenvalue weighted by atomic mass is 10.2. The van der Waals surface area contributed by atoms with Crippen molar-refractivity contribution in [3.63, 3.8) is 0 Å². The van der Waals surface area contributed by atoms with E-state index < -0.39 is 0 Å². The Bertz CT molecular complexity index is 801. The number of hydrogen-bond acceptors (Lipinski definition) is 6. The largest absolute Gasteiger partial charge is 0.490 e. The summed E-state index contributed by atoms with van der Waals surface area (Å²) in [6.07, 6.45) is 3.52. The van der Waals surface area contributed by atoms with Gasteiger partial charge in [0.1, 0.15) is 0 Å². The summed E-state index contributed by atoms with van der Waals surface area (Å²) in [6.45, 7) is 8.61. The number of rotatable bonds is 15. The number of nitrogens with zero attached hydrogens (tertiary/aromatic N) is 2. The normalized spacial score (nSPS) is 11.3. The average molecular weight is 445 g/mol. The minimum Gasteiger partial charge on any atom is -0.490 e. The molecular formula is C24H36N4O4. The van der Waals surface area contributed by atoms with Gasteiger partial charge < -0.3 is 29.6 Å². The summed E-state index contributed by atoms with van der Waals surface area (Å²) in [4.78, 5) is 9.10. The molecule has 176 valence electrons. The van der Waals surface area contributed by atoms with Gasteiger partial charge in [-0.05, 0) is 38.0 Å². The van der Waals surface area contributed by atoms with E-state index in [0.717, 1.165) is 37.5 Å². The van der Waals surface area contributed by atoms with E-state index in [4.69, 9.17) is 18.9 Å². The fourth-order valence-electron chi connectivity index (χ4n) is 2.74. The molecule has 0 fully saturated rings. The maximum Gasteiger partial charge on any atom is 0.224 e. The summed E-state index contributed by atoms with van der Waals surface area (Å²) in [6, 6.07) is 11.5. The van der Waals surface area contributed by atoms with Crippen LogP contribution < -0.4 is 20.1 Å².